The van der Waals surface area contributed by atoms with Crippen LogP contribution in [0.2, 0.25) is 0 Å². The van der Waals surface area contributed by atoms with Gasteiger partial charge in [-0.15, -0.1) is 0 Å². The van der Waals surface area contributed by atoms with Crippen LogP contribution in [-0.2, 0) is 12.0 Å². The third kappa shape index (κ3) is 3.44. The van der Waals surface area contributed by atoms with Gasteiger partial charge >= 0.3 is 0 Å². The van der Waals surface area contributed by atoms with E-state index in [0.29, 0.717) is 6.04 Å². The van der Waals surface area contributed by atoms with E-state index >= 15 is 0 Å². The predicted molar refractivity (Wildman–Crippen MR) is 91.9 cm³/mol. The largest absolute Gasteiger partial charge is 0.310 e. The third-order valence-corrected chi connectivity index (χ3v) is 4.06. The molecule has 0 atom stereocenters. The van der Waals surface area contributed by atoms with Crippen LogP contribution in [0, 0.1) is 13.8 Å². The van der Waals surface area contributed by atoms with Crippen molar-refractivity contribution in [3.63, 3.8) is 0 Å². The molecule has 0 saturated heterocycles. The molecule has 0 spiro atoms. The molecular formula is C19H28N2. The third-order valence-electron chi connectivity index (χ3n) is 4.06. The van der Waals surface area contributed by atoms with Crippen molar-refractivity contribution in [2.24, 2.45) is 0 Å². The Bertz CT molecular complexity index is 649. The molecule has 0 aliphatic heterocycles. The summed E-state index contributed by atoms with van der Waals surface area (Å²) in [4.78, 5) is 4.97. The van der Waals surface area contributed by atoms with Crippen molar-refractivity contribution in [1.29, 1.82) is 0 Å². The molecule has 0 unspecified atom stereocenters. The first kappa shape index (κ1) is 16.0. The van der Waals surface area contributed by atoms with E-state index in [-0.39, 0.29) is 5.41 Å². The van der Waals surface area contributed by atoms with Crippen LogP contribution in [-0.4, -0.2) is 11.0 Å². The molecule has 0 amide bonds. The van der Waals surface area contributed by atoms with Gasteiger partial charge in [0.15, 0.2) is 0 Å². The second kappa shape index (κ2) is 5.76. The van der Waals surface area contributed by atoms with Crippen LogP contribution in [0.3, 0.4) is 0 Å². The van der Waals surface area contributed by atoms with Crippen molar-refractivity contribution in [3.8, 4) is 0 Å². The minimum atomic E-state index is 0.0664. The molecule has 0 saturated carbocycles. The number of aryl methyl sites for hydroxylation is 2. The van der Waals surface area contributed by atoms with Crippen molar-refractivity contribution >= 4 is 10.9 Å². The van der Waals surface area contributed by atoms with Crippen LogP contribution in [0.1, 0.15) is 57.0 Å². The molecule has 0 aliphatic rings. The van der Waals surface area contributed by atoms with Crippen molar-refractivity contribution < 1.29 is 0 Å². The SMILES string of the molecule is Cc1ccc2c(CNC(C)C)cc(C(C)(C)C)nc2c1C. The average Bonchev–Trinajstić information content (AvgIpc) is 2.39. The molecule has 0 radical (unpaired) electrons. The lowest BCUT2D eigenvalue weighted by atomic mass is 9.89. The zero-order valence-electron chi connectivity index (χ0n) is 14.5. The Morgan fingerprint density at radius 1 is 1.14 bits per heavy atom. The first-order valence-corrected chi connectivity index (χ1v) is 7.84. The molecule has 2 nitrogen and oxygen atoms in total. The van der Waals surface area contributed by atoms with Crippen molar-refractivity contribution in [2.45, 2.75) is 66.5 Å². The number of aromatic nitrogens is 1. The van der Waals surface area contributed by atoms with E-state index in [4.69, 9.17) is 4.98 Å². The maximum absolute atomic E-state index is 4.97. The van der Waals surface area contributed by atoms with Crippen molar-refractivity contribution in [2.75, 3.05) is 0 Å². The van der Waals surface area contributed by atoms with E-state index in [2.05, 4.69) is 72.0 Å². The number of hydrogen-bond acceptors (Lipinski definition) is 2. The molecule has 1 N–H and O–H groups in total. The monoisotopic (exact) mass is 284 g/mol. The van der Waals surface area contributed by atoms with Gasteiger partial charge in [0.2, 0.25) is 0 Å². The second-order valence-electron chi connectivity index (χ2n) is 7.36. The van der Waals surface area contributed by atoms with Gasteiger partial charge in [-0.2, -0.15) is 0 Å². The topological polar surface area (TPSA) is 24.9 Å². The molecule has 1 aromatic heterocycles. The Hall–Kier alpha value is -1.41. The second-order valence-corrected chi connectivity index (χ2v) is 7.36. The lowest BCUT2D eigenvalue weighted by molar-refractivity contribution is 0.564. The lowest BCUT2D eigenvalue weighted by Crippen LogP contribution is -2.23. The van der Waals surface area contributed by atoms with E-state index in [1.165, 1.54) is 27.8 Å². The Labute approximate surface area is 129 Å². The number of benzene rings is 1. The van der Waals surface area contributed by atoms with Gasteiger partial charge in [-0.25, -0.2) is 0 Å². The summed E-state index contributed by atoms with van der Waals surface area (Å²) in [7, 11) is 0. The molecule has 0 aliphatic carbocycles. The van der Waals surface area contributed by atoms with E-state index < -0.39 is 0 Å². The molecule has 2 aromatic rings. The van der Waals surface area contributed by atoms with Crippen LogP contribution in [0.4, 0.5) is 0 Å². The predicted octanol–water partition coefficient (Wildman–Crippen LogP) is 4.65. The Kier molecular flexibility index (Phi) is 4.38. The number of hydrogen-bond donors (Lipinski definition) is 1. The van der Waals surface area contributed by atoms with E-state index in [1.807, 2.05) is 0 Å². The first-order chi connectivity index (χ1) is 9.70. The summed E-state index contributed by atoms with van der Waals surface area (Å²) in [6, 6.07) is 7.17. The minimum absolute atomic E-state index is 0.0664. The van der Waals surface area contributed by atoms with Crippen LogP contribution in [0.25, 0.3) is 10.9 Å². The van der Waals surface area contributed by atoms with E-state index in [9.17, 15) is 0 Å². The van der Waals surface area contributed by atoms with Crippen LogP contribution in [0.15, 0.2) is 18.2 Å². The number of nitrogens with zero attached hydrogens (tertiary/aromatic N) is 1. The number of pyridine rings is 1. The summed E-state index contributed by atoms with van der Waals surface area (Å²) in [6.07, 6.45) is 0. The Balaban J connectivity index is 2.66. The smallest absolute Gasteiger partial charge is 0.0740 e. The summed E-state index contributed by atoms with van der Waals surface area (Å²) >= 11 is 0. The van der Waals surface area contributed by atoms with Crippen LogP contribution in [0.5, 0.6) is 0 Å². The van der Waals surface area contributed by atoms with Gasteiger partial charge in [-0.3, -0.25) is 4.98 Å². The fraction of sp³-hybridized carbons (Fsp3) is 0.526. The van der Waals surface area contributed by atoms with Gasteiger partial charge in [-0.05, 0) is 36.6 Å². The molecule has 114 valence electrons. The first-order valence-electron chi connectivity index (χ1n) is 7.84. The van der Waals surface area contributed by atoms with Gasteiger partial charge in [0.25, 0.3) is 0 Å². The zero-order chi connectivity index (χ0) is 15.8. The fourth-order valence-corrected chi connectivity index (χ4v) is 2.44. The number of nitrogens with one attached hydrogen (secondary N) is 1. The highest BCUT2D eigenvalue weighted by Gasteiger charge is 2.18. The highest BCUT2D eigenvalue weighted by molar-refractivity contribution is 5.86. The van der Waals surface area contributed by atoms with Gasteiger partial charge in [0.05, 0.1) is 5.52 Å². The van der Waals surface area contributed by atoms with Gasteiger partial charge in [0.1, 0.15) is 0 Å². The van der Waals surface area contributed by atoms with Gasteiger partial charge in [0, 0.05) is 29.1 Å². The highest BCUT2D eigenvalue weighted by atomic mass is 14.9. The Morgan fingerprint density at radius 2 is 1.81 bits per heavy atom. The molecule has 0 fully saturated rings. The summed E-state index contributed by atoms with van der Waals surface area (Å²) in [6.45, 7) is 16.3. The molecule has 2 heteroatoms. The average molecular weight is 284 g/mol. The number of rotatable bonds is 3. The molecule has 21 heavy (non-hydrogen) atoms. The summed E-state index contributed by atoms with van der Waals surface area (Å²) in [5.41, 5.74) is 6.35. The van der Waals surface area contributed by atoms with Crippen LogP contribution < -0.4 is 5.32 Å². The molecule has 1 aromatic carbocycles. The summed E-state index contributed by atoms with van der Waals surface area (Å²) in [5, 5.41) is 4.82. The maximum atomic E-state index is 4.97. The summed E-state index contributed by atoms with van der Waals surface area (Å²) in [5.74, 6) is 0. The normalized spacial score (nSPS) is 12.4. The molecule has 0 bridgehead atoms. The maximum Gasteiger partial charge on any atom is 0.0740 e. The van der Waals surface area contributed by atoms with Gasteiger partial charge in [-0.1, -0.05) is 46.8 Å². The van der Waals surface area contributed by atoms with Crippen molar-refractivity contribution in [1.82, 2.24) is 10.3 Å². The van der Waals surface area contributed by atoms with E-state index in [1.54, 1.807) is 0 Å². The van der Waals surface area contributed by atoms with Crippen molar-refractivity contribution in [3.05, 3.63) is 40.6 Å². The molecular weight excluding hydrogens is 256 g/mol. The Morgan fingerprint density at radius 3 is 2.38 bits per heavy atom. The number of fused-ring (bicyclic) bond motifs is 1. The quantitative estimate of drug-likeness (QED) is 0.887. The summed E-state index contributed by atoms with van der Waals surface area (Å²) < 4.78 is 0. The highest BCUT2D eigenvalue weighted by Crippen LogP contribution is 2.29. The van der Waals surface area contributed by atoms with Gasteiger partial charge < -0.3 is 5.32 Å². The standard InChI is InChI=1S/C19H28N2/c1-12(2)20-11-15-10-17(19(5,6)7)21-18-14(4)13(3)8-9-16(15)18/h8-10,12,20H,11H2,1-7H3. The molecule has 2 rings (SSSR count). The zero-order valence-corrected chi connectivity index (χ0v) is 14.5. The minimum Gasteiger partial charge on any atom is -0.310 e. The lowest BCUT2D eigenvalue weighted by Gasteiger charge is -2.21. The molecule has 1 heterocycles. The fourth-order valence-electron chi connectivity index (χ4n) is 2.44. The van der Waals surface area contributed by atoms with Crippen LogP contribution >= 0.6 is 0 Å². The van der Waals surface area contributed by atoms with E-state index in [0.717, 1.165) is 12.1 Å².